The van der Waals surface area contributed by atoms with Gasteiger partial charge in [-0.25, -0.2) is 0 Å². The fraction of sp³-hybridized carbons (Fsp3) is 0.467. The second-order valence-electron chi connectivity index (χ2n) is 5.26. The van der Waals surface area contributed by atoms with Gasteiger partial charge in [0.15, 0.2) is 4.77 Å². The highest BCUT2D eigenvalue weighted by Gasteiger charge is 2.18. The van der Waals surface area contributed by atoms with Crippen LogP contribution in [0.1, 0.15) is 50.1 Å². The fourth-order valence-corrected chi connectivity index (χ4v) is 3.47. The number of nitriles is 1. The first-order chi connectivity index (χ1) is 9.31. The van der Waals surface area contributed by atoms with Crippen molar-refractivity contribution in [2.45, 2.75) is 44.6 Å². The lowest BCUT2D eigenvalue weighted by Crippen LogP contribution is -2.08. The van der Waals surface area contributed by atoms with Crippen molar-refractivity contribution in [2.75, 3.05) is 0 Å². The van der Waals surface area contributed by atoms with Crippen molar-refractivity contribution in [1.29, 1.82) is 5.26 Å². The van der Waals surface area contributed by atoms with Crippen LogP contribution >= 0.6 is 12.2 Å². The van der Waals surface area contributed by atoms with Crippen LogP contribution in [0, 0.1) is 16.1 Å². The van der Waals surface area contributed by atoms with E-state index >= 15 is 0 Å². The molecule has 0 amide bonds. The number of benzene rings is 1. The monoisotopic (exact) mass is 271 g/mol. The second-order valence-corrected chi connectivity index (χ2v) is 5.64. The number of H-pyrrole nitrogens is 1. The quantitative estimate of drug-likeness (QED) is 0.614. The van der Waals surface area contributed by atoms with Crippen LogP contribution in [0.2, 0.25) is 0 Å². The standard InChI is InChI=1S/C15H17N3S/c16-10-11-6-5-9-13-14(11)17-15(19)18(13)12-7-3-1-2-4-8-12/h5-6,9,12H,1-4,7-8H2,(H,17,19). The van der Waals surface area contributed by atoms with E-state index in [2.05, 4.69) is 21.7 Å². The molecule has 0 radical (unpaired) electrons. The van der Waals surface area contributed by atoms with Gasteiger partial charge in [0.05, 0.1) is 16.6 Å². The summed E-state index contributed by atoms with van der Waals surface area (Å²) in [5, 5.41) is 9.18. The number of aromatic amines is 1. The lowest BCUT2D eigenvalue weighted by atomic mass is 10.1. The highest BCUT2D eigenvalue weighted by molar-refractivity contribution is 7.71. The Kier molecular flexibility index (Phi) is 3.39. The third-order valence-electron chi connectivity index (χ3n) is 4.06. The van der Waals surface area contributed by atoms with E-state index in [1.807, 2.05) is 12.1 Å². The minimum Gasteiger partial charge on any atom is -0.329 e. The number of nitrogens with one attached hydrogen (secondary N) is 1. The van der Waals surface area contributed by atoms with Gasteiger partial charge in [0.25, 0.3) is 0 Å². The van der Waals surface area contributed by atoms with Crippen molar-refractivity contribution in [3.8, 4) is 6.07 Å². The molecule has 0 spiro atoms. The third kappa shape index (κ3) is 2.19. The summed E-state index contributed by atoms with van der Waals surface area (Å²) < 4.78 is 2.99. The van der Waals surface area contributed by atoms with E-state index in [0.29, 0.717) is 11.6 Å². The summed E-state index contributed by atoms with van der Waals surface area (Å²) in [6.07, 6.45) is 7.59. The Labute approximate surface area is 117 Å². The van der Waals surface area contributed by atoms with Crippen molar-refractivity contribution in [3.05, 3.63) is 28.5 Å². The molecule has 0 unspecified atom stereocenters. The normalized spacial score (nSPS) is 17.2. The molecule has 1 fully saturated rings. The second kappa shape index (κ2) is 5.18. The molecule has 98 valence electrons. The predicted molar refractivity (Wildman–Crippen MR) is 78.6 cm³/mol. The van der Waals surface area contributed by atoms with E-state index in [1.165, 1.54) is 38.5 Å². The Morgan fingerprint density at radius 2 is 1.95 bits per heavy atom. The van der Waals surface area contributed by atoms with E-state index in [9.17, 15) is 5.26 Å². The molecule has 1 aliphatic rings. The molecule has 0 saturated heterocycles. The van der Waals surface area contributed by atoms with E-state index in [1.54, 1.807) is 0 Å². The molecule has 1 aromatic carbocycles. The summed E-state index contributed by atoms with van der Waals surface area (Å²) in [7, 11) is 0. The molecular weight excluding hydrogens is 254 g/mol. The van der Waals surface area contributed by atoms with Gasteiger partial charge in [-0.05, 0) is 37.2 Å². The molecule has 1 aromatic heterocycles. The number of hydrogen-bond acceptors (Lipinski definition) is 2. The Morgan fingerprint density at radius 3 is 2.63 bits per heavy atom. The maximum atomic E-state index is 9.18. The zero-order valence-corrected chi connectivity index (χ0v) is 11.7. The van der Waals surface area contributed by atoms with Crippen molar-refractivity contribution < 1.29 is 0 Å². The van der Waals surface area contributed by atoms with Crippen molar-refractivity contribution in [3.63, 3.8) is 0 Å². The highest BCUT2D eigenvalue weighted by atomic mass is 32.1. The summed E-state index contributed by atoms with van der Waals surface area (Å²) in [5.41, 5.74) is 2.64. The van der Waals surface area contributed by atoms with Gasteiger partial charge in [0.2, 0.25) is 0 Å². The molecule has 0 atom stereocenters. The van der Waals surface area contributed by atoms with Gasteiger partial charge in [-0.2, -0.15) is 5.26 Å². The number of aromatic nitrogens is 2. The number of nitrogens with zero attached hydrogens (tertiary/aromatic N) is 2. The average molecular weight is 271 g/mol. The largest absolute Gasteiger partial charge is 0.329 e. The van der Waals surface area contributed by atoms with Crippen LogP contribution in [0.3, 0.4) is 0 Å². The number of imidazole rings is 1. The van der Waals surface area contributed by atoms with Gasteiger partial charge >= 0.3 is 0 Å². The van der Waals surface area contributed by atoms with Gasteiger partial charge < -0.3 is 9.55 Å². The van der Waals surface area contributed by atoms with Crippen LogP contribution in [0.4, 0.5) is 0 Å². The molecule has 0 aliphatic heterocycles. The third-order valence-corrected chi connectivity index (χ3v) is 4.36. The van der Waals surface area contributed by atoms with Gasteiger partial charge in [0, 0.05) is 6.04 Å². The van der Waals surface area contributed by atoms with Crippen LogP contribution in [0.5, 0.6) is 0 Å². The van der Waals surface area contributed by atoms with Gasteiger partial charge in [0.1, 0.15) is 6.07 Å². The van der Waals surface area contributed by atoms with E-state index < -0.39 is 0 Å². The first-order valence-electron chi connectivity index (χ1n) is 6.94. The zero-order valence-electron chi connectivity index (χ0n) is 10.9. The summed E-state index contributed by atoms with van der Waals surface area (Å²) in [5.74, 6) is 0. The van der Waals surface area contributed by atoms with Crippen molar-refractivity contribution in [1.82, 2.24) is 9.55 Å². The maximum Gasteiger partial charge on any atom is 0.178 e. The molecule has 1 saturated carbocycles. The van der Waals surface area contributed by atoms with Crippen LogP contribution in [-0.2, 0) is 0 Å². The summed E-state index contributed by atoms with van der Waals surface area (Å²) in [6.45, 7) is 0. The SMILES string of the molecule is N#Cc1cccc2c1[nH]c(=S)n2C1CCCCCC1. The number of fused-ring (bicyclic) bond motifs is 1. The number of hydrogen-bond donors (Lipinski definition) is 1. The summed E-state index contributed by atoms with van der Waals surface area (Å²) >= 11 is 5.48. The minimum atomic E-state index is 0.484. The van der Waals surface area contributed by atoms with E-state index in [-0.39, 0.29) is 0 Å². The first-order valence-corrected chi connectivity index (χ1v) is 7.35. The molecule has 3 nitrogen and oxygen atoms in total. The van der Waals surface area contributed by atoms with Gasteiger partial charge in [-0.15, -0.1) is 0 Å². The van der Waals surface area contributed by atoms with Crippen LogP contribution in [0.15, 0.2) is 18.2 Å². The van der Waals surface area contributed by atoms with E-state index in [0.717, 1.165) is 15.8 Å². The maximum absolute atomic E-state index is 9.18. The lowest BCUT2D eigenvalue weighted by Gasteiger charge is -2.17. The summed E-state index contributed by atoms with van der Waals surface area (Å²) in [4.78, 5) is 3.22. The lowest BCUT2D eigenvalue weighted by molar-refractivity contribution is 0.450. The highest BCUT2D eigenvalue weighted by Crippen LogP contribution is 2.31. The molecule has 3 rings (SSSR count). The van der Waals surface area contributed by atoms with Crippen molar-refractivity contribution in [2.24, 2.45) is 0 Å². The average Bonchev–Trinajstić information content (AvgIpc) is 2.62. The molecular formula is C15H17N3S. The molecule has 2 aromatic rings. The Bertz CT molecular complexity index is 681. The van der Waals surface area contributed by atoms with Crippen LogP contribution < -0.4 is 0 Å². The van der Waals surface area contributed by atoms with Crippen molar-refractivity contribution >= 4 is 23.3 Å². The molecule has 19 heavy (non-hydrogen) atoms. The molecule has 1 aliphatic carbocycles. The molecule has 1 heterocycles. The van der Waals surface area contributed by atoms with Crippen LogP contribution in [-0.4, -0.2) is 9.55 Å². The van der Waals surface area contributed by atoms with Gasteiger partial charge in [-0.1, -0.05) is 31.7 Å². The Balaban J connectivity index is 2.15. The molecule has 0 bridgehead atoms. The van der Waals surface area contributed by atoms with E-state index in [4.69, 9.17) is 12.2 Å². The smallest absolute Gasteiger partial charge is 0.178 e. The number of rotatable bonds is 1. The topological polar surface area (TPSA) is 44.5 Å². The first kappa shape index (κ1) is 12.4. The predicted octanol–water partition coefficient (Wildman–Crippen LogP) is 4.47. The minimum absolute atomic E-state index is 0.484. The Morgan fingerprint density at radius 1 is 1.21 bits per heavy atom. The summed E-state index contributed by atoms with van der Waals surface area (Å²) in [6, 6.07) is 8.56. The zero-order chi connectivity index (χ0) is 13.2. The Hall–Kier alpha value is -1.60. The number of para-hydroxylation sites is 1. The van der Waals surface area contributed by atoms with Gasteiger partial charge in [-0.3, -0.25) is 0 Å². The molecule has 4 heteroatoms. The molecule has 1 N–H and O–H groups in total. The van der Waals surface area contributed by atoms with Crippen LogP contribution in [0.25, 0.3) is 11.0 Å². The fourth-order valence-electron chi connectivity index (χ4n) is 3.12.